The summed E-state index contributed by atoms with van der Waals surface area (Å²) in [6, 6.07) is 0. The molecule has 2 N–H and O–H groups in total. The standard InChI is InChI=1S/C24H34N2O3.CHFO/c1-5-20(28)29-22-13(2)8-17-16-7-6-15-9-18-14(12-25-26-18)10-23(15,3)21(16)19(27)11-24(17,22)4;2-1-3/h9,12-13,16-17,19,21-22,27H,5-8,10-11H2,1-4H3,(H,25,26);1H/t13-,16-,17?,19-,21?,22+,23-,24-;/m0./s1. The van der Waals surface area contributed by atoms with E-state index in [2.05, 4.69) is 37.0 Å². The van der Waals surface area contributed by atoms with Crippen molar-refractivity contribution in [2.75, 3.05) is 0 Å². The Morgan fingerprint density at radius 1 is 1.44 bits per heavy atom. The number of aliphatic hydroxyl groups excluding tert-OH is 1. The van der Waals surface area contributed by atoms with Crippen LogP contribution >= 0.6 is 0 Å². The van der Waals surface area contributed by atoms with E-state index in [1.54, 1.807) is 0 Å². The number of ether oxygens (including phenoxy) is 1. The number of esters is 1. The molecule has 0 bridgehead atoms. The molecule has 3 fully saturated rings. The van der Waals surface area contributed by atoms with Crippen LogP contribution in [-0.2, 0) is 20.7 Å². The van der Waals surface area contributed by atoms with E-state index in [-0.39, 0.29) is 34.9 Å². The minimum Gasteiger partial charge on any atom is -0.461 e. The van der Waals surface area contributed by atoms with Gasteiger partial charge in [0, 0.05) is 11.8 Å². The number of fused-ring (bicyclic) bond motifs is 6. The number of aliphatic hydroxyl groups is 1. The molecule has 8 atom stereocenters. The topological polar surface area (TPSA) is 92.3 Å². The molecule has 0 radical (unpaired) electrons. The zero-order chi connectivity index (χ0) is 23.3. The Hall–Kier alpha value is -2.02. The molecular formula is C25H35FN2O4. The number of hydrogen-bond donors (Lipinski definition) is 2. The van der Waals surface area contributed by atoms with Crippen LogP contribution in [0.15, 0.2) is 11.8 Å². The molecular weight excluding hydrogens is 411 g/mol. The van der Waals surface area contributed by atoms with E-state index < -0.39 is 6.54 Å². The molecule has 3 saturated carbocycles. The van der Waals surface area contributed by atoms with E-state index >= 15 is 0 Å². The normalized spacial score (nSPS) is 41.6. The van der Waals surface area contributed by atoms with Gasteiger partial charge >= 0.3 is 5.97 Å². The Morgan fingerprint density at radius 2 is 2.16 bits per heavy atom. The van der Waals surface area contributed by atoms with Crippen molar-refractivity contribution in [1.82, 2.24) is 10.2 Å². The van der Waals surface area contributed by atoms with Gasteiger partial charge in [-0.2, -0.15) is 9.49 Å². The van der Waals surface area contributed by atoms with Gasteiger partial charge in [-0.05, 0) is 72.8 Å². The minimum atomic E-state index is -0.750. The summed E-state index contributed by atoms with van der Waals surface area (Å²) in [5.74, 6) is 1.48. The lowest BCUT2D eigenvalue weighted by Gasteiger charge is -2.59. The van der Waals surface area contributed by atoms with Crippen molar-refractivity contribution >= 4 is 18.6 Å². The third-order valence-electron chi connectivity index (χ3n) is 9.07. The number of nitrogens with one attached hydrogen (secondary N) is 1. The maximum Gasteiger partial charge on any atom is 0.305 e. The van der Waals surface area contributed by atoms with E-state index in [4.69, 9.17) is 9.53 Å². The second-order valence-corrected chi connectivity index (χ2v) is 10.8. The maximum absolute atomic E-state index is 12.1. The molecule has 4 aliphatic rings. The Kier molecular flexibility index (Phi) is 6.07. The van der Waals surface area contributed by atoms with Gasteiger partial charge in [0.15, 0.2) is 0 Å². The zero-order valence-electron chi connectivity index (χ0n) is 19.4. The van der Waals surface area contributed by atoms with E-state index in [1.807, 2.05) is 13.1 Å². The van der Waals surface area contributed by atoms with Gasteiger partial charge in [0.25, 0.3) is 6.54 Å². The van der Waals surface area contributed by atoms with Gasteiger partial charge in [-0.25, -0.2) is 0 Å². The van der Waals surface area contributed by atoms with Crippen LogP contribution in [-0.4, -0.2) is 40.0 Å². The molecule has 7 heteroatoms. The summed E-state index contributed by atoms with van der Waals surface area (Å²) in [5.41, 5.74) is 3.75. The van der Waals surface area contributed by atoms with Gasteiger partial charge in [0.05, 0.1) is 18.0 Å². The molecule has 6 nitrogen and oxygen atoms in total. The van der Waals surface area contributed by atoms with Crippen LogP contribution in [0.3, 0.4) is 0 Å². The lowest BCUT2D eigenvalue weighted by Crippen LogP contribution is -2.57. The first-order valence-electron chi connectivity index (χ1n) is 11.8. The van der Waals surface area contributed by atoms with Gasteiger partial charge in [-0.1, -0.05) is 33.3 Å². The lowest BCUT2D eigenvalue weighted by molar-refractivity contribution is -0.172. The molecule has 176 valence electrons. The van der Waals surface area contributed by atoms with Crippen LogP contribution < -0.4 is 0 Å². The van der Waals surface area contributed by atoms with Crippen molar-refractivity contribution in [1.29, 1.82) is 0 Å². The number of halogens is 1. The van der Waals surface area contributed by atoms with Gasteiger partial charge in [0.1, 0.15) is 6.10 Å². The minimum absolute atomic E-state index is 0.0119. The van der Waals surface area contributed by atoms with Crippen LogP contribution in [0.2, 0.25) is 0 Å². The summed E-state index contributed by atoms with van der Waals surface area (Å²) in [4.78, 5) is 20.3. The van der Waals surface area contributed by atoms with Crippen LogP contribution in [0, 0.1) is 34.5 Å². The first-order valence-corrected chi connectivity index (χ1v) is 11.8. The lowest BCUT2D eigenvalue weighted by atomic mass is 9.46. The predicted octanol–water partition coefficient (Wildman–Crippen LogP) is 4.28. The summed E-state index contributed by atoms with van der Waals surface area (Å²) in [6.45, 7) is 7.98. The third kappa shape index (κ3) is 3.44. The fourth-order valence-electron chi connectivity index (χ4n) is 7.90. The molecule has 2 unspecified atom stereocenters. The van der Waals surface area contributed by atoms with Crippen LogP contribution in [0.1, 0.15) is 71.1 Å². The molecule has 5 rings (SSSR count). The number of carbonyl (C=O) groups is 2. The van der Waals surface area contributed by atoms with Crippen molar-refractivity contribution in [3.8, 4) is 0 Å². The average Bonchev–Trinajstić information content (AvgIpc) is 3.28. The quantitative estimate of drug-likeness (QED) is 0.402. The monoisotopic (exact) mass is 446 g/mol. The number of nitrogens with zero attached hydrogens (tertiary/aromatic N) is 1. The molecule has 4 aliphatic carbocycles. The molecule has 32 heavy (non-hydrogen) atoms. The average molecular weight is 447 g/mol. The van der Waals surface area contributed by atoms with Crippen LogP contribution in [0.5, 0.6) is 0 Å². The van der Waals surface area contributed by atoms with Crippen molar-refractivity contribution in [2.45, 2.75) is 78.4 Å². The highest BCUT2D eigenvalue weighted by atomic mass is 19.1. The van der Waals surface area contributed by atoms with E-state index in [0.29, 0.717) is 24.2 Å². The number of carbonyl (C=O) groups excluding carboxylic acids is 2. The summed E-state index contributed by atoms with van der Waals surface area (Å²) >= 11 is 0. The fraction of sp³-hybridized carbons (Fsp3) is 0.720. The number of aromatic nitrogens is 2. The summed E-state index contributed by atoms with van der Waals surface area (Å²) in [6.07, 6.45) is 9.21. The second kappa shape index (κ2) is 8.40. The van der Waals surface area contributed by atoms with Crippen LogP contribution in [0.4, 0.5) is 4.39 Å². The highest BCUT2D eigenvalue weighted by Crippen LogP contribution is 2.66. The first-order chi connectivity index (χ1) is 15.2. The van der Waals surface area contributed by atoms with E-state index in [0.717, 1.165) is 37.8 Å². The highest BCUT2D eigenvalue weighted by Gasteiger charge is 2.64. The van der Waals surface area contributed by atoms with Crippen molar-refractivity contribution in [2.24, 2.45) is 34.5 Å². The fourth-order valence-corrected chi connectivity index (χ4v) is 7.90. The van der Waals surface area contributed by atoms with Crippen LogP contribution in [0.25, 0.3) is 6.08 Å². The van der Waals surface area contributed by atoms with E-state index in [9.17, 15) is 14.3 Å². The van der Waals surface area contributed by atoms with Crippen molar-refractivity contribution in [3.63, 3.8) is 0 Å². The molecule has 1 aromatic heterocycles. The molecule has 0 saturated heterocycles. The summed E-state index contributed by atoms with van der Waals surface area (Å²) < 4.78 is 15.6. The maximum atomic E-state index is 12.1. The summed E-state index contributed by atoms with van der Waals surface area (Å²) in [7, 11) is 0. The van der Waals surface area contributed by atoms with Crippen molar-refractivity contribution < 1.29 is 23.8 Å². The number of aromatic amines is 1. The molecule has 1 aromatic rings. The number of rotatable bonds is 2. The molecule has 0 spiro atoms. The molecule has 0 aliphatic heterocycles. The largest absolute Gasteiger partial charge is 0.461 e. The Labute approximate surface area is 189 Å². The molecule has 0 aromatic carbocycles. The zero-order valence-corrected chi connectivity index (χ0v) is 19.4. The smallest absolute Gasteiger partial charge is 0.305 e. The number of allylic oxidation sites excluding steroid dienone is 1. The Balaban J connectivity index is 0.000000775. The Morgan fingerprint density at radius 3 is 2.84 bits per heavy atom. The number of hydrogen-bond acceptors (Lipinski definition) is 5. The SMILES string of the molecule is CCC(=O)O[C@@H]1[C@@H](C)CC2[C@@H]3CCC4=Cc5[nH]ncc5C[C@]4(C)C3[C@@H](O)C[C@@]21C.O=CF. The summed E-state index contributed by atoms with van der Waals surface area (Å²) in [5, 5.41) is 18.9. The second-order valence-electron chi connectivity index (χ2n) is 10.8. The number of H-pyrrole nitrogens is 1. The van der Waals surface area contributed by atoms with Gasteiger partial charge in [0.2, 0.25) is 0 Å². The third-order valence-corrected chi connectivity index (χ3v) is 9.07. The van der Waals surface area contributed by atoms with E-state index in [1.165, 1.54) is 11.1 Å². The van der Waals surface area contributed by atoms with Gasteiger partial charge in [-0.15, -0.1) is 0 Å². The molecule has 0 amide bonds. The predicted molar refractivity (Wildman–Crippen MR) is 119 cm³/mol. The van der Waals surface area contributed by atoms with Gasteiger partial charge < -0.3 is 9.84 Å². The highest BCUT2D eigenvalue weighted by molar-refractivity contribution is 5.69. The van der Waals surface area contributed by atoms with Gasteiger partial charge in [-0.3, -0.25) is 14.7 Å². The Bertz CT molecular complexity index is 914. The molecule has 1 heterocycles. The first kappa shape index (κ1) is 23.1. The van der Waals surface area contributed by atoms with Crippen molar-refractivity contribution in [3.05, 3.63) is 23.0 Å².